The van der Waals surface area contributed by atoms with Gasteiger partial charge in [-0.2, -0.15) is 13.2 Å². The molecule has 0 aliphatic carbocycles. The topological polar surface area (TPSA) is 47.3 Å². The van der Waals surface area contributed by atoms with E-state index in [4.69, 9.17) is 5.73 Å². The van der Waals surface area contributed by atoms with Crippen molar-refractivity contribution in [1.82, 2.24) is 5.32 Å². The van der Waals surface area contributed by atoms with Crippen LogP contribution in [0, 0.1) is 5.92 Å². The van der Waals surface area contributed by atoms with Crippen molar-refractivity contribution in [3.05, 3.63) is 59.7 Å². The Morgan fingerprint density at radius 2 is 1.62 bits per heavy atom. The molecule has 3 N–H and O–H groups in total. The highest BCUT2D eigenvalue weighted by molar-refractivity contribution is 5.65. The van der Waals surface area contributed by atoms with Gasteiger partial charge in [0.2, 0.25) is 0 Å². The zero-order valence-electron chi connectivity index (χ0n) is 17.6. The molecule has 2 aromatic rings. The lowest BCUT2D eigenvalue weighted by molar-refractivity contribution is -0.137. The van der Waals surface area contributed by atoms with E-state index in [-0.39, 0.29) is 0 Å². The van der Waals surface area contributed by atoms with Crippen LogP contribution in [0.5, 0.6) is 0 Å². The molecule has 0 fully saturated rings. The Kier molecular flexibility index (Phi) is 11.6. The number of rotatable bonds is 9. The number of halogens is 3. The number of methoxy groups -OCH3 is 1. The zero-order valence-corrected chi connectivity index (χ0v) is 17.6. The first kappa shape index (κ1) is 25.1. The van der Waals surface area contributed by atoms with E-state index < -0.39 is 11.7 Å². The van der Waals surface area contributed by atoms with Gasteiger partial charge in [-0.05, 0) is 54.1 Å². The number of nitrogens with one attached hydrogen (secondary N) is 1. The Labute approximate surface area is 172 Å². The molecule has 0 aromatic heterocycles. The highest BCUT2D eigenvalue weighted by Crippen LogP contribution is 2.32. The normalized spacial score (nSPS) is 12.2. The van der Waals surface area contributed by atoms with Crippen molar-refractivity contribution in [2.45, 2.75) is 32.4 Å². The monoisotopic (exact) mass is 410 g/mol. The molecule has 0 bridgehead atoms. The Morgan fingerprint density at radius 1 is 1.00 bits per heavy atom. The summed E-state index contributed by atoms with van der Waals surface area (Å²) in [6.07, 6.45) is -1.27. The van der Waals surface area contributed by atoms with Crippen molar-refractivity contribution < 1.29 is 17.9 Å². The summed E-state index contributed by atoms with van der Waals surface area (Å²) in [4.78, 5) is 0. The van der Waals surface area contributed by atoms with Crippen molar-refractivity contribution in [1.29, 1.82) is 0 Å². The van der Waals surface area contributed by atoms with E-state index in [1.165, 1.54) is 12.1 Å². The van der Waals surface area contributed by atoms with E-state index in [9.17, 15) is 13.2 Å². The lowest BCUT2D eigenvalue weighted by Gasteiger charge is -2.16. The van der Waals surface area contributed by atoms with Gasteiger partial charge in [0.1, 0.15) is 0 Å². The van der Waals surface area contributed by atoms with Crippen molar-refractivity contribution in [2.75, 3.05) is 33.9 Å². The van der Waals surface area contributed by atoms with Crippen molar-refractivity contribution in [2.24, 2.45) is 11.7 Å². The van der Waals surface area contributed by atoms with Gasteiger partial charge in [-0.25, -0.2) is 0 Å². The molecule has 6 heteroatoms. The maximum absolute atomic E-state index is 12.9. The van der Waals surface area contributed by atoms with Crippen LogP contribution in [0.3, 0.4) is 0 Å². The van der Waals surface area contributed by atoms with Gasteiger partial charge in [0.15, 0.2) is 0 Å². The van der Waals surface area contributed by atoms with E-state index in [1.54, 1.807) is 20.3 Å². The molecule has 0 saturated carbocycles. The van der Waals surface area contributed by atoms with Gasteiger partial charge in [0, 0.05) is 27.3 Å². The summed E-state index contributed by atoms with van der Waals surface area (Å²) in [6.45, 7) is 4.56. The minimum atomic E-state index is -4.32. The van der Waals surface area contributed by atoms with Gasteiger partial charge in [-0.15, -0.1) is 0 Å². The summed E-state index contributed by atoms with van der Waals surface area (Å²) < 4.78 is 43.1. The van der Waals surface area contributed by atoms with Crippen LogP contribution >= 0.6 is 0 Å². The largest absolute Gasteiger partial charge is 0.416 e. The average Bonchev–Trinajstić information content (AvgIpc) is 2.70. The number of hydrogen-bond acceptors (Lipinski definition) is 3. The second kappa shape index (κ2) is 13.4. The number of ether oxygens (including phenoxy) is 1. The molecule has 0 heterocycles. The smallest absolute Gasteiger partial charge is 0.388 e. The van der Waals surface area contributed by atoms with Crippen molar-refractivity contribution in [3.63, 3.8) is 0 Å². The van der Waals surface area contributed by atoms with Crippen LogP contribution < -0.4 is 11.1 Å². The number of nitrogens with two attached hydrogens (primary N) is 1. The summed E-state index contributed by atoms with van der Waals surface area (Å²) in [5, 5.41) is 3.31. The molecule has 0 spiro atoms. The van der Waals surface area contributed by atoms with Gasteiger partial charge in [-0.3, -0.25) is 0 Å². The fourth-order valence-corrected chi connectivity index (χ4v) is 3.07. The molecule has 0 amide bonds. The third kappa shape index (κ3) is 9.43. The molecule has 0 aliphatic rings. The van der Waals surface area contributed by atoms with Gasteiger partial charge in [0.25, 0.3) is 0 Å². The van der Waals surface area contributed by atoms with Crippen LogP contribution in [0.25, 0.3) is 11.1 Å². The highest BCUT2D eigenvalue weighted by Gasteiger charge is 2.30. The minimum Gasteiger partial charge on any atom is -0.388 e. The van der Waals surface area contributed by atoms with Crippen molar-refractivity contribution >= 4 is 0 Å². The minimum absolute atomic E-state index is 0.539. The Bertz CT molecular complexity index is 705. The fourth-order valence-electron chi connectivity index (χ4n) is 3.07. The van der Waals surface area contributed by atoms with Crippen LogP contribution in [-0.2, 0) is 17.3 Å². The lowest BCUT2D eigenvalue weighted by Crippen LogP contribution is -2.25. The third-order valence-electron chi connectivity index (χ3n) is 4.60. The van der Waals surface area contributed by atoms with Crippen LogP contribution in [0.4, 0.5) is 13.2 Å². The molecule has 2 aromatic carbocycles. The lowest BCUT2D eigenvalue weighted by atomic mass is 9.92. The standard InChI is InChI=1S/C21H27F3N2.C2H6O/c1-2-16(9-11-26-12-10-25)13-17-5-3-6-18(14-17)19-7-4-8-20(15-19)21(22,23)24;1-3-2/h3-8,14-16,26H,2,9-13,25H2,1H3;1-2H3. The molecule has 0 aliphatic heterocycles. The maximum atomic E-state index is 12.9. The highest BCUT2D eigenvalue weighted by atomic mass is 19.4. The van der Waals surface area contributed by atoms with Gasteiger partial charge in [0.05, 0.1) is 5.56 Å². The summed E-state index contributed by atoms with van der Waals surface area (Å²) in [7, 11) is 3.25. The molecular formula is C23H33F3N2O. The fraction of sp³-hybridized carbons (Fsp3) is 0.478. The molecule has 1 unspecified atom stereocenters. The van der Waals surface area contributed by atoms with Gasteiger partial charge < -0.3 is 15.8 Å². The average molecular weight is 411 g/mol. The molecule has 29 heavy (non-hydrogen) atoms. The first-order valence-corrected chi connectivity index (χ1v) is 9.93. The zero-order chi connectivity index (χ0) is 21.7. The number of alkyl halides is 3. The number of hydrogen-bond donors (Lipinski definition) is 2. The second-order valence-electron chi connectivity index (χ2n) is 6.99. The predicted octanol–water partition coefficient (Wildman–Crippen LogP) is 5.14. The van der Waals surface area contributed by atoms with Crippen LogP contribution in [-0.4, -0.2) is 33.9 Å². The van der Waals surface area contributed by atoms with Gasteiger partial charge >= 0.3 is 6.18 Å². The Hall–Kier alpha value is -1.89. The SMILES string of the molecule is CCC(CCNCCN)Cc1cccc(-c2cccc(C(F)(F)F)c2)c1.COC. The van der Waals surface area contributed by atoms with E-state index in [0.29, 0.717) is 18.0 Å². The summed E-state index contributed by atoms with van der Waals surface area (Å²) in [6, 6.07) is 13.3. The first-order valence-electron chi connectivity index (χ1n) is 9.93. The van der Waals surface area contributed by atoms with E-state index in [1.807, 2.05) is 24.3 Å². The Balaban J connectivity index is 0.00000132. The Morgan fingerprint density at radius 3 is 2.21 bits per heavy atom. The summed E-state index contributed by atoms with van der Waals surface area (Å²) in [5.74, 6) is 0.539. The molecule has 2 rings (SSSR count). The van der Waals surface area contributed by atoms with E-state index >= 15 is 0 Å². The molecule has 0 radical (unpaired) electrons. The van der Waals surface area contributed by atoms with Crippen LogP contribution in [0.2, 0.25) is 0 Å². The molecule has 0 saturated heterocycles. The van der Waals surface area contributed by atoms with E-state index in [2.05, 4.69) is 17.0 Å². The third-order valence-corrected chi connectivity index (χ3v) is 4.60. The maximum Gasteiger partial charge on any atom is 0.416 e. The van der Waals surface area contributed by atoms with Crippen molar-refractivity contribution in [3.8, 4) is 11.1 Å². The van der Waals surface area contributed by atoms with E-state index in [0.717, 1.165) is 49.5 Å². The summed E-state index contributed by atoms with van der Waals surface area (Å²) in [5.41, 5.74) is 7.44. The quantitative estimate of drug-likeness (QED) is 0.563. The predicted molar refractivity (Wildman–Crippen MR) is 114 cm³/mol. The van der Waals surface area contributed by atoms with Crippen LogP contribution in [0.1, 0.15) is 30.9 Å². The molecular weight excluding hydrogens is 377 g/mol. The second-order valence-corrected chi connectivity index (χ2v) is 6.99. The first-order chi connectivity index (χ1) is 13.8. The number of benzene rings is 2. The van der Waals surface area contributed by atoms with Crippen LogP contribution in [0.15, 0.2) is 48.5 Å². The van der Waals surface area contributed by atoms with Gasteiger partial charge in [-0.1, -0.05) is 49.7 Å². The molecule has 162 valence electrons. The molecule has 1 atom stereocenters. The summed E-state index contributed by atoms with van der Waals surface area (Å²) >= 11 is 0. The molecule has 3 nitrogen and oxygen atoms in total.